The van der Waals surface area contributed by atoms with Crippen molar-refractivity contribution in [1.29, 1.82) is 0 Å². The summed E-state index contributed by atoms with van der Waals surface area (Å²) in [5, 5.41) is 2.29. The summed E-state index contributed by atoms with van der Waals surface area (Å²) in [7, 11) is 1.60. The van der Waals surface area contributed by atoms with E-state index in [1.807, 2.05) is 97.9 Å². The first kappa shape index (κ1) is 35.2. The largest absolute Gasteiger partial charge is 0.494 e. The summed E-state index contributed by atoms with van der Waals surface area (Å²) in [5.41, 5.74) is 3.79. The number of carbonyl (C=O) groups excluding carboxylic acids is 1. The van der Waals surface area contributed by atoms with Crippen LogP contribution in [0.3, 0.4) is 0 Å². The Morgan fingerprint density at radius 3 is 2.40 bits per heavy atom. The molecule has 2 heterocycles. The Kier molecular flexibility index (Phi) is 10.6. The van der Waals surface area contributed by atoms with E-state index in [1.165, 1.54) is 11.3 Å². The number of hydrogen-bond donors (Lipinski definition) is 0. The average Bonchev–Trinajstić information content (AvgIpc) is 3.48. The zero-order valence-corrected chi connectivity index (χ0v) is 31.8. The summed E-state index contributed by atoms with van der Waals surface area (Å²) >= 11 is 3.51. The smallest absolute Gasteiger partial charge is 0.338 e. The number of nitrogens with zero attached hydrogens (tertiary/aromatic N) is 2. The predicted octanol–water partition coefficient (Wildman–Crippen LogP) is 7.68. The van der Waals surface area contributed by atoms with E-state index in [-0.39, 0.29) is 12.2 Å². The molecule has 10 heteroatoms. The fraction of sp³-hybridized carbons (Fsp3) is 0.167. The standard InChI is InChI=1S/C42H35IN2O6S/c1-4-49-31-20-18-29(19-21-31)38-36(41(47)50-5-2)37(28-13-7-6-8-14-28)44-42-45(38)40(46)35(52-42)24-26-22-33(43)39(34(23-26)48-3)51-25-30-16-11-15-27-12-9-10-17-32(27)30/h6-24,38H,4-5,25H2,1-3H3/b35-24-/t38-/m0/s1. The lowest BCUT2D eigenvalue weighted by atomic mass is 9.93. The third-order valence-electron chi connectivity index (χ3n) is 8.68. The molecular formula is C42H35IN2O6S. The third-order valence-corrected chi connectivity index (χ3v) is 10.5. The maximum absolute atomic E-state index is 14.4. The molecule has 0 saturated carbocycles. The van der Waals surface area contributed by atoms with E-state index in [1.54, 1.807) is 18.6 Å². The highest BCUT2D eigenvalue weighted by Crippen LogP contribution is 2.37. The zero-order chi connectivity index (χ0) is 36.2. The van der Waals surface area contributed by atoms with Crippen LogP contribution in [0.1, 0.15) is 42.1 Å². The molecule has 0 bridgehead atoms. The average molecular weight is 823 g/mol. The van der Waals surface area contributed by atoms with E-state index < -0.39 is 12.0 Å². The number of benzene rings is 5. The lowest BCUT2D eigenvalue weighted by Crippen LogP contribution is -2.40. The van der Waals surface area contributed by atoms with Gasteiger partial charge in [-0.1, -0.05) is 96.3 Å². The first-order valence-electron chi connectivity index (χ1n) is 16.9. The van der Waals surface area contributed by atoms with Gasteiger partial charge in [-0.25, -0.2) is 9.79 Å². The summed E-state index contributed by atoms with van der Waals surface area (Å²) in [5.74, 6) is 1.33. The van der Waals surface area contributed by atoms with Crippen LogP contribution in [0.15, 0.2) is 125 Å². The Balaban J connectivity index is 1.33. The molecule has 0 fully saturated rings. The van der Waals surface area contributed by atoms with Gasteiger partial charge in [-0.05, 0) is 94.2 Å². The second kappa shape index (κ2) is 15.6. The molecule has 5 aromatic carbocycles. The van der Waals surface area contributed by atoms with Crippen molar-refractivity contribution in [2.75, 3.05) is 20.3 Å². The topological polar surface area (TPSA) is 88.4 Å². The van der Waals surface area contributed by atoms with Crippen LogP contribution in [-0.2, 0) is 16.1 Å². The van der Waals surface area contributed by atoms with E-state index in [0.29, 0.717) is 51.1 Å². The number of fused-ring (bicyclic) bond motifs is 2. The lowest BCUT2D eigenvalue weighted by Gasteiger charge is -2.26. The molecule has 8 nitrogen and oxygen atoms in total. The van der Waals surface area contributed by atoms with Crippen molar-refractivity contribution in [2.24, 2.45) is 4.99 Å². The van der Waals surface area contributed by atoms with Crippen LogP contribution >= 0.6 is 33.9 Å². The first-order chi connectivity index (χ1) is 25.4. The van der Waals surface area contributed by atoms with Gasteiger partial charge in [-0.3, -0.25) is 9.36 Å². The van der Waals surface area contributed by atoms with Crippen LogP contribution in [0, 0.1) is 3.57 Å². The molecule has 1 atom stereocenters. The number of rotatable bonds is 11. The van der Waals surface area contributed by atoms with Gasteiger partial charge in [0.05, 0.1) is 45.7 Å². The van der Waals surface area contributed by atoms with Gasteiger partial charge in [0.1, 0.15) is 12.4 Å². The minimum absolute atomic E-state index is 0.174. The molecule has 1 aromatic heterocycles. The van der Waals surface area contributed by atoms with Gasteiger partial charge in [-0.2, -0.15) is 0 Å². The number of carbonyl (C=O) groups is 1. The number of esters is 1. The fourth-order valence-corrected chi connectivity index (χ4v) is 8.13. The van der Waals surface area contributed by atoms with Gasteiger partial charge < -0.3 is 18.9 Å². The molecule has 6 aromatic rings. The van der Waals surface area contributed by atoms with Crippen molar-refractivity contribution in [3.05, 3.63) is 160 Å². The Bertz CT molecular complexity index is 2480. The number of aromatic nitrogens is 1. The van der Waals surface area contributed by atoms with Crippen molar-refractivity contribution < 1.29 is 23.7 Å². The minimum Gasteiger partial charge on any atom is -0.494 e. The number of thiazole rings is 1. The predicted molar refractivity (Wildman–Crippen MR) is 213 cm³/mol. The van der Waals surface area contributed by atoms with Crippen LogP contribution in [0.4, 0.5) is 0 Å². The summed E-state index contributed by atoms with van der Waals surface area (Å²) in [4.78, 5) is 33.7. The Morgan fingerprint density at radius 1 is 0.904 bits per heavy atom. The van der Waals surface area contributed by atoms with E-state index in [2.05, 4.69) is 46.9 Å². The molecule has 0 unspecified atom stereocenters. The molecule has 1 aliphatic rings. The zero-order valence-electron chi connectivity index (χ0n) is 28.8. The van der Waals surface area contributed by atoms with E-state index in [4.69, 9.17) is 23.9 Å². The molecular weight excluding hydrogens is 787 g/mol. The highest BCUT2D eigenvalue weighted by molar-refractivity contribution is 14.1. The third kappa shape index (κ3) is 7.00. The maximum atomic E-state index is 14.4. The quantitative estimate of drug-likeness (QED) is 0.0985. The maximum Gasteiger partial charge on any atom is 0.338 e. The van der Waals surface area contributed by atoms with Crippen molar-refractivity contribution in [3.8, 4) is 17.2 Å². The Morgan fingerprint density at radius 2 is 1.65 bits per heavy atom. The summed E-state index contributed by atoms with van der Waals surface area (Å²) in [6, 6.07) is 34.4. The Labute approximate surface area is 318 Å². The van der Waals surface area contributed by atoms with E-state index in [9.17, 15) is 9.59 Å². The first-order valence-corrected chi connectivity index (χ1v) is 18.8. The molecule has 0 aliphatic carbocycles. The SMILES string of the molecule is CCOC(=O)C1=C(c2ccccc2)N=c2s/c(=C\c3cc(I)c(OCc4cccc5ccccc45)c(OC)c3)c(=O)n2[C@H]1c1ccc(OCC)cc1. The van der Waals surface area contributed by atoms with Crippen LogP contribution < -0.4 is 29.1 Å². The molecule has 1 aliphatic heterocycles. The number of ether oxygens (including phenoxy) is 4. The molecule has 7 rings (SSSR count). The molecule has 0 radical (unpaired) electrons. The van der Waals surface area contributed by atoms with Crippen LogP contribution in [0.25, 0.3) is 22.5 Å². The lowest BCUT2D eigenvalue weighted by molar-refractivity contribution is -0.138. The summed E-state index contributed by atoms with van der Waals surface area (Å²) in [6.07, 6.45) is 1.83. The van der Waals surface area contributed by atoms with E-state index >= 15 is 0 Å². The van der Waals surface area contributed by atoms with Crippen LogP contribution in [0.5, 0.6) is 17.2 Å². The highest BCUT2D eigenvalue weighted by Gasteiger charge is 2.35. The van der Waals surface area contributed by atoms with Gasteiger partial charge in [0.25, 0.3) is 5.56 Å². The van der Waals surface area contributed by atoms with Gasteiger partial charge >= 0.3 is 5.97 Å². The van der Waals surface area contributed by atoms with Gasteiger partial charge in [0.2, 0.25) is 0 Å². The summed E-state index contributed by atoms with van der Waals surface area (Å²) in [6.45, 7) is 4.74. The number of halogens is 1. The summed E-state index contributed by atoms with van der Waals surface area (Å²) < 4.78 is 26.3. The van der Waals surface area contributed by atoms with Crippen molar-refractivity contribution >= 4 is 62.4 Å². The van der Waals surface area contributed by atoms with Crippen LogP contribution in [-0.4, -0.2) is 30.9 Å². The second-order valence-corrected chi connectivity index (χ2v) is 14.1. The van der Waals surface area contributed by atoms with E-state index in [0.717, 1.165) is 36.6 Å². The van der Waals surface area contributed by atoms with Gasteiger partial charge in [-0.15, -0.1) is 0 Å². The van der Waals surface area contributed by atoms with Crippen molar-refractivity contribution in [2.45, 2.75) is 26.5 Å². The monoisotopic (exact) mass is 822 g/mol. The number of methoxy groups -OCH3 is 1. The highest BCUT2D eigenvalue weighted by atomic mass is 127. The molecule has 262 valence electrons. The Hall–Kier alpha value is -5.20. The van der Waals surface area contributed by atoms with Crippen molar-refractivity contribution in [3.63, 3.8) is 0 Å². The minimum atomic E-state index is -0.789. The van der Waals surface area contributed by atoms with Crippen molar-refractivity contribution in [1.82, 2.24) is 4.57 Å². The normalized spacial score (nSPS) is 14.2. The molecule has 0 spiro atoms. The van der Waals surface area contributed by atoms with Gasteiger partial charge in [0, 0.05) is 5.56 Å². The molecule has 0 saturated heterocycles. The second-order valence-electron chi connectivity index (χ2n) is 11.9. The molecule has 0 N–H and O–H groups in total. The molecule has 0 amide bonds. The van der Waals surface area contributed by atoms with Gasteiger partial charge in [0.15, 0.2) is 16.3 Å². The molecule has 52 heavy (non-hydrogen) atoms. The fourth-order valence-electron chi connectivity index (χ4n) is 6.35. The number of hydrogen-bond acceptors (Lipinski definition) is 8. The van der Waals surface area contributed by atoms with Crippen LogP contribution in [0.2, 0.25) is 0 Å².